The van der Waals surface area contributed by atoms with Crippen molar-refractivity contribution >= 4 is 0 Å². The molecule has 0 amide bonds. The van der Waals surface area contributed by atoms with Gasteiger partial charge in [-0.15, -0.1) is 10.2 Å². The summed E-state index contributed by atoms with van der Waals surface area (Å²) < 4.78 is 28.4. The van der Waals surface area contributed by atoms with Gasteiger partial charge < -0.3 is 10.3 Å². The fourth-order valence-corrected chi connectivity index (χ4v) is 2.26. The molecule has 94 valence electrons. The van der Waals surface area contributed by atoms with E-state index in [0.717, 1.165) is 0 Å². The molecular formula is C12H12F2N4. The number of halogens is 2. The van der Waals surface area contributed by atoms with Crippen LogP contribution < -0.4 is 5.73 Å². The number of nitrogens with two attached hydrogens (primary N) is 1. The van der Waals surface area contributed by atoms with E-state index < -0.39 is 12.2 Å². The summed E-state index contributed by atoms with van der Waals surface area (Å²) in [6, 6.07) is 5.55. The zero-order valence-corrected chi connectivity index (χ0v) is 9.55. The van der Waals surface area contributed by atoms with Gasteiger partial charge in [0.1, 0.15) is 17.8 Å². The molecule has 18 heavy (non-hydrogen) atoms. The van der Waals surface area contributed by atoms with Crippen molar-refractivity contribution in [2.24, 2.45) is 5.73 Å². The fraction of sp³-hybridized carbons (Fsp3) is 0.333. The Balaban J connectivity index is 2.09. The Hall–Kier alpha value is -1.82. The van der Waals surface area contributed by atoms with Crippen molar-refractivity contribution in [2.45, 2.75) is 25.2 Å². The Labute approximate surface area is 102 Å². The van der Waals surface area contributed by atoms with Gasteiger partial charge in [-0.1, -0.05) is 12.1 Å². The molecule has 0 saturated carbocycles. The summed E-state index contributed by atoms with van der Waals surface area (Å²) in [5, 5.41) is 7.97. The predicted molar refractivity (Wildman–Crippen MR) is 61.9 cm³/mol. The van der Waals surface area contributed by atoms with Crippen LogP contribution in [0.4, 0.5) is 8.78 Å². The van der Waals surface area contributed by atoms with Crippen LogP contribution >= 0.6 is 0 Å². The van der Waals surface area contributed by atoms with E-state index in [9.17, 15) is 8.78 Å². The van der Waals surface area contributed by atoms with Gasteiger partial charge in [0.15, 0.2) is 5.82 Å². The minimum absolute atomic E-state index is 0.169. The maximum absolute atomic E-state index is 13.5. The predicted octanol–water partition coefficient (Wildman–Crippen LogP) is 1.83. The molecule has 1 aromatic heterocycles. The summed E-state index contributed by atoms with van der Waals surface area (Å²) in [6.45, 7) is 0.169. The number of alkyl halides is 1. The van der Waals surface area contributed by atoms with Crippen molar-refractivity contribution in [3.63, 3.8) is 0 Å². The van der Waals surface area contributed by atoms with Gasteiger partial charge in [0, 0.05) is 12.0 Å². The van der Waals surface area contributed by atoms with Gasteiger partial charge in [0.05, 0.1) is 12.6 Å². The third-order valence-corrected chi connectivity index (χ3v) is 3.08. The smallest absolute Gasteiger partial charge is 0.164 e. The van der Waals surface area contributed by atoms with Crippen LogP contribution in [0.5, 0.6) is 0 Å². The second-order valence-corrected chi connectivity index (χ2v) is 4.44. The molecule has 0 spiro atoms. The normalized spacial score (nSPS) is 22.8. The molecule has 2 heterocycles. The van der Waals surface area contributed by atoms with Gasteiger partial charge in [0.25, 0.3) is 0 Å². The number of aromatic nitrogens is 3. The zero-order chi connectivity index (χ0) is 12.7. The molecule has 2 atom stereocenters. The van der Waals surface area contributed by atoms with Gasteiger partial charge in [-0.25, -0.2) is 8.78 Å². The molecule has 2 unspecified atom stereocenters. The summed E-state index contributed by atoms with van der Waals surface area (Å²) in [6.07, 6.45) is -0.766. The average Bonchev–Trinajstić information content (AvgIpc) is 2.72. The van der Waals surface area contributed by atoms with Crippen molar-refractivity contribution in [1.29, 1.82) is 0 Å². The average molecular weight is 250 g/mol. The SMILES string of the molecule is NC1CC(F)Cn2c(-c3cccc(F)c3)nnc21. The maximum atomic E-state index is 13.5. The van der Waals surface area contributed by atoms with Gasteiger partial charge in [-0.05, 0) is 12.1 Å². The lowest BCUT2D eigenvalue weighted by Crippen LogP contribution is -2.29. The highest BCUT2D eigenvalue weighted by atomic mass is 19.1. The van der Waals surface area contributed by atoms with Crippen LogP contribution in [0.2, 0.25) is 0 Å². The molecule has 0 fully saturated rings. The largest absolute Gasteiger partial charge is 0.321 e. The minimum atomic E-state index is -1.02. The van der Waals surface area contributed by atoms with Crippen molar-refractivity contribution in [3.8, 4) is 11.4 Å². The third-order valence-electron chi connectivity index (χ3n) is 3.08. The first-order valence-electron chi connectivity index (χ1n) is 5.74. The lowest BCUT2D eigenvalue weighted by Gasteiger charge is -2.23. The maximum Gasteiger partial charge on any atom is 0.164 e. The van der Waals surface area contributed by atoms with Gasteiger partial charge >= 0.3 is 0 Å². The first-order valence-corrected chi connectivity index (χ1v) is 5.74. The molecule has 1 aromatic carbocycles. The Bertz CT molecular complexity index is 581. The monoisotopic (exact) mass is 250 g/mol. The molecule has 3 rings (SSSR count). The van der Waals surface area contributed by atoms with Crippen LogP contribution in [0.25, 0.3) is 11.4 Å². The first-order chi connectivity index (χ1) is 8.65. The molecule has 2 N–H and O–H groups in total. The number of rotatable bonds is 1. The van der Waals surface area contributed by atoms with Crippen LogP contribution in [0.1, 0.15) is 18.3 Å². The summed E-state index contributed by atoms with van der Waals surface area (Å²) in [5.74, 6) is 0.659. The van der Waals surface area contributed by atoms with E-state index >= 15 is 0 Å². The van der Waals surface area contributed by atoms with E-state index in [0.29, 0.717) is 17.2 Å². The zero-order valence-electron chi connectivity index (χ0n) is 9.55. The quantitative estimate of drug-likeness (QED) is 0.840. The van der Waals surface area contributed by atoms with E-state index in [1.807, 2.05) is 0 Å². The Kier molecular flexibility index (Phi) is 2.59. The van der Waals surface area contributed by atoms with Crippen LogP contribution in [-0.2, 0) is 6.54 Å². The van der Waals surface area contributed by atoms with Crippen molar-refractivity contribution in [3.05, 3.63) is 35.9 Å². The van der Waals surface area contributed by atoms with Crippen molar-refractivity contribution in [1.82, 2.24) is 14.8 Å². The summed E-state index contributed by atoms with van der Waals surface area (Å²) in [5.41, 5.74) is 6.40. The number of nitrogens with zero attached hydrogens (tertiary/aromatic N) is 3. The highest BCUT2D eigenvalue weighted by Crippen LogP contribution is 2.28. The van der Waals surface area contributed by atoms with E-state index in [1.54, 1.807) is 16.7 Å². The minimum Gasteiger partial charge on any atom is -0.321 e. The number of benzene rings is 1. The molecular weight excluding hydrogens is 238 g/mol. The van der Waals surface area contributed by atoms with Crippen LogP contribution in [0.15, 0.2) is 24.3 Å². The molecule has 6 heteroatoms. The standard InChI is InChI=1S/C12H12F2N4/c13-8-3-1-2-7(4-8)11-16-17-12-10(15)5-9(14)6-18(11)12/h1-4,9-10H,5-6,15H2. The van der Waals surface area contributed by atoms with Crippen molar-refractivity contribution < 1.29 is 8.78 Å². The molecule has 0 bridgehead atoms. The van der Waals surface area contributed by atoms with Crippen molar-refractivity contribution in [2.75, 3.05) is 0 Å². The first kappa shape index (κ1) is 11.3. The number of hydrogen-bond donors (Lipinski definition) is 1. The molecule has 0 aliphatic carbocycles. The topological polar surface area (TPSA) is 56.7 Å². The molecule has 4 nitrogen and oxygen atoms in total. The summed E-state index contributed by atoms with van der Waals surface area (Å²) in [7, 11) is 0. The second kappa shape index (κ2) is 4.13. The highest BCUT2D eigenvalue weighted by Gasteiger charge is 2.28. The molecule has 2 aromatic rings. The fourth-order valence-electron chi connectivity index (χ4n) is 2.26. The van der Waals surface area contributed by atoms with E-state index in [4.69, 9.17) is 5.73 Å². The molecule has 0 radical (unpaired) electrons. The van der Waals surface area contributed by atoms with E-state index in [1.165, 1.54) is 12.1 Å². The molecule has 1 aliphatic heterocycles. The van der Waals surface area contributed by atoms with E-state index in [-0.39, 0.29) is 18.8 Å². The number of hydrogen-bond acceptors (Lipinski definition) is 3. The van der Waals surface area contributed by atoms with Crippen LogP contribution in [-0.4, -0.2) is 20.9 Å². The lowest BCUT2D eigenvalue weighted by molar-refractivity contribution is 0.231. The lowest BCUT2D eigenvalue weighted by atomic mass is 10.1. The number of fused-ring (bicyclic) bond motifs is 1. The van der Waals surface area contributed by atoms with Crippen LogP contribution in [0, 0.1) is 5.82 Å². The summed E-state index contributed by atoms with van der Waals surface area (Å²) in [4.78, 5) is 0. The van der Waals surface area contributed by atoms with Crippen LogP contribution in [0.3, 0.4) is 0 Å². The van der Waals surface area contributed by atoms with E-state index in [2.05, 4.69) is 10.2 Å². The highest BCUT2D eigenvalue weighted by molar-refractivity contribution is 5.55. The Morgan fingerprint density at radius 1 is 1.33 bits per heavy atom. The Morgan fingerprint density at radius 3 is 2.94 bits per heavy atom. The van der Waals surface area contributed by atoms with Gasteiger partial charge in [-0.2, -0.15) is 0 Å². The van der Waals surface area contributed by atoms with Gasteiger partial charge in [0.2, 0.25) is 0 Å². The molecule has 1 aliphatic rings. The third kappa shape index (κ3) is 1.78. The second-order valence-electron chi connectivity index (χ2n) is 4.44. The summed E-state index contributed by atoms with van der Waals surface area (Å²) >= 11 is 0. The Morgan fingerprint density at radius 2 is 2.17 bits per heavy atom. The molecule has 0 saturated heterocycles. The van der Waals surface area contributed by atoms with Gasteiger partial charge in [-0.3, -0.25) is 0 Å².